The first kappa shape index (κ1) is 18.9. The van der Waals surface area contributed by atoms with E-state index in [-0.39, 0.29) is 17.2 Å². The zero-order chi connectivity index (χ0) is 19.8. The number of nitrogens with zero attached hydrogens (tertiary/aromatic N) is 3. The van der Waals surface area contributed by atoms with Crippen LogP contribution in [0.1, 0.15) is 35.5 Å². The number of halogens is 3. The van der Waals surface area contributed by atoms with E-state index in [2.05, 4.69) is 15.1 Å². The molecule has 0 saturated heterocycles. The number of alkyl halides is 3. The molecule has 5 nitrogen and oxygen atoms in total. The SMILES string of the molecule is Cc1nc(-c2cnn([C@H](C)c3ccc(CC(F)(F)F)cc3C)c2)cc(=O)[nH]1. The Labute approximate surface area is 153 Å². The van der Waals surface area contributed by atoms with Crippen LogP contribution in [0.15, 0.2) is 41.5 Å². The molecule has 8 heteroatoms. The maximum Gasteiger partial charge on any atom is 0.393 e. The predicted molar refractivity (Wildman–Crippen MR) is 95.6 cm³/mol. The lowest BCUT2D eigenvalue weighted by Crippen LogP contribution is -2.13. The van der Waals surface area contributed by atoms with Crippen molar-refractivity contribution in [2.45, 2.75) is 39.4 Å². The molecule has 142 valence electrons. The van der Waals surface area contributed by atoms with E-state index in [1.54, 1.807) is 43.1 Å². The average Bonchev–Trinajstić information content (AvgIpc) is 3.02. The second-order valence-corrected chi connectivity index (χ2v) is 6.58. The number of aromatic amines is 1. The van der Waals surface area contributed by atoms with Crippen molar-refractivity contribution in [2.75, 3.05) is 0 Å². The van der Waals surface area contributed by atoms with Crippen LogP contribution in [-0.2, 0) is 6.42 Å². The Hall–Kier alpha value is -2.90. The highest BCUT2D eigenvalue weighted by molar-refractivity contribution is 5.56. The monoisotopic (exact) mass is 376 g/mol. The summed E-state index contributed by atoms with van der Waals surface area (Å²) in [5.41, 5.74) is 2.86. The number of benzene rings is 1. The number of aryl methyl sites for hydroxylation is 2. The molecule has 0 saturated carbocycles. The Bertz CT molecular complexity index is 1020. The Balaban J connectivity index is 1.87. The van der Waals surface area contributed by atoms with Crippen LogP contribution >= 0.6 is 0 Å². The maximum atomic E-state index is 12.6. The molecule has 1 atom stereocenters. The van der Waals surface area contributed by atoms with E-state index >= 15 is 0 Å². The number of hydrogen-bond donors (Lipinski definition) is 1. The summed E-state index contributed by atoms with van der Waals surface area (Å²) in [7, 11) is 0. The number of rotatable bonds is 4. The van der Waals surface area contributed by atoms with Crippen LogP contribution in [-0.4, -0.2) is 25.9 Å². The zero-order valence-corrected chi connectivity index (χ0v) is 15.1. The standard InChI is InChI=1S/C19H19F3N4O/c1-11-6-14(8-19(20,21)22)4-5-16(11)12(2)26-10-15(9-23-26)17-7-18(27)25-13(3)24-17/h4-7,9-10,12H,8H2,1-3H3,(H,24,25,27)/t12-/m1/s1. The second-order valence-electron chi connectivity index (χ2n) is 6.58. The van der Waals surface area contributed by atoms with Gasteiger partial charge < -0.3 is 4.98 Å². The van der Waals surface area contributed by atoms with Crippen molar-refractivity contribution in [1.29, 1.82) is 0 Å². The Morgan fingerprint density at radius 2 is 1.96 bits per heavy atom. The van der Waals surface area contributed by atoms with Gasteiger partial charge in [0.05, 0.1) is 24.4 Å². The third-order valence-electron chi connectivity index (χ3n) is 4.34. The molecule has 0 amide bonds. The molecule has 0 aliphatic rings. The fourth-order valence-corrected chi connectivity index (χ4v) is 3.10. The molecule has 2 heterocycles. The summed E-state index contributed by atoms with van der Waals surface area (Å²) in [5.74, 6) is 0.509. The van der Waals surface area contributed by atoms with Crippen molar-refractivity contribution >= 4 is 0 Å². The van der Waals surface area contributed by atoms with Gasteiger partial charge in [-0.2, -0.15) is 18.3 Å². The van der Waals surface area contributed by atoms with E-state index in [1.807, 2.05) is 6.92 Å². The highest BCUT2D eigenvalue weighted by Crippen LogP contribution is 2.27. The highest BCUT2D eigenvalue weighted by Gasteiger charge is 2.27. The zero-order valence-electron chi connectivity index (χ0n) is 15.1. The molecule has 3 rings (SSSR count). The lowest BCUT2D eigenvalue weighted by molar-refractivity contribution is -0.127. The lowest BCUT2D eigenvalue weighted by atomic mass is 9.98. The number of aromatic nitrogens is 4. The van der Waals surface area contributed by atoms with Crippen LogP contribution in [0.2, 0.25) is 0 Å². The molecule has 0 radical (unpaired) electrons. The molecule has 2 aromatic heterocycles. The second kappa shape index (κ2) is 7.02. The van der Waals surface area contributed by atoms with Gasteiger partial charge in [-0.25, -0.2) is 4.98 Å². The molecule has 0 unspecified atom stereocenters. The summed E-state index contributed by atoms with van der Waals surface area (Å²) in [6.07, 6.45) is -1.78. The molecule has 0 aliphatic heterocycles. The van der Waals surface area contributed by atoms with Gasteiger partial charge in [0.2, 0.25) is 0 Å². The summed E-state index contributed by atoms with van der Waals surface area (Å²) in [4.78, 5) is 18.5. The number of nitrogens with one attached hydrogen (secondary N) is 1. The van der Waals surface area contributed by atoms with Crippen LogP contribution in [0.5, 0.6) is 0 Å². The van der Waals surface area contributed by atoms with Gasteiger partial charge >= 0.3 is 6.18 Å². The minimum Gasteiger partial charge on any atom is -0.311 e. The first-order valence-corrected chi connectivity index (χ1v) is 8.41. The van der Waals surface area contributed by atoms with Crippen LogP contribution in [0.25, 0.3) is 11.3 Å². The molecule has 0 aliphatic carbocycles. The highest BCUT2D eigenvalue weighted by atomic mass is 19.4. The predicted octanol–water partition coefficient (Wildman–Crippen LogP) is 3.96. The van der Waals surface area contributed by atoms with Crippen molar-refractivity contribution < 1.29 is 13.2 Å². The van der Waals surface area contributed by atoms with Crippen LogP contribution in [0.3, 0.4) is 0 Å². The summed E-state index contributed by atoms with van der Waals surface area (Å²) in [6.45, 7) is 5.40. The largest absolute Gasteiger partial charge is 0.393 e. The topological polar surface area (TPSA) is 63.6 Å². The van der Waals surface area contributed by atoms with E-state index in [4.69, 9.17) is 0 Å². The quantitative estimate of drug-likeness (QED) is 0.750. The Morgan fingerprint density at radius 3 is 2.59 bits per heavy atom. The molecule has 0 bridgehead atoms. The van der Waals surface area contributed by atoms with E-state index in [0.717, 1.165) is 11.1 Å². The minimum atomic E-state index is -4.23. The summed E-state index contributed by atoms with van der Waals surface area (Å²) in [5, 5.41) is 4.34. The first-order valence-electron chi connectivity index (χ1n) is 8.41. The van der Waals surface area contributed by atoms with Crippen LogP contribution < -0.4 is 5.56 Å². The maximum absolute atomic E-state index is 12.6. The van der Waals surface area contributed by atoms with E-state index < -0.39 is 12.6 Å². The minimum absolute atomic E-state index is 0.179. The third-order valence-corrected chi connectivity index (χ3v) is 4.34. The van der Waals surface area contributed by atoms with Gasteiger partial charge in [0.15, 0.2) is 0 Å². The average molecular weight is 376 g/mol. The van der Waals surface area contributed by atoms with Gasteiger partial charge in [0, 0.05) is 17.8 Å². The molecular weight excluding hydrogens is 357 g/mol. The van der Waals surface area contributed by atoms with Gasteiger partial charge in [-0.3, -0.25) is 9.48 Å². The first-order chi connectivity index (χ1) is 12.6. The molecular formula is C19H19F3N4O. The molecule has 1 aromatic carbocycles. The summed E-state index contributed by atoms with van der Waals surface area (Å²) >= 11 is 0. The van der Waals surface area contributed by atoms with Crippen molar-refractivity contribution in [3.05, 3.63) is 69.5 Å². The smallest absolute Gasteiger partial charge is 0.311 e. The third kappa shape index (κ3) is 4.45. The van der Waals surface area contributed by atoms with Crippen LogP contribution in [0, 0.1) is 13.8 Å². The Kier molecular flexibility index (Phi) is 4.91. The van der Waals surface area contributed by atoms with Crippen molar-refractivity contribution in [3.63, 3.8) is 0 Å². The van der Waals surface area contributed by atoms with Gasteiger partial charge in [0.1, 0.15) is 5.82 Å². The molecule has 3 aromatic rings. The van der Waals surface area contributed by atoms with Gasteiger partial charge in [0.25, 0.3) is 5.56 Å². The Morgan fingerprint density at radius 1 is 1.22 bits per heavy atom. The van der Waals surface area contributed by atoms with E-state index in [0.29, 0.717) is 17.1 Å². The molecule has 1 N–H and O–H groups in total. The number of hydrogen-bond acceptors (Lipinski definition) is 3. The van der Waals surface area contributed by atoms with Crippen molar-refractivity contribution in [3.8, 4) is 11.3 Å². The number of H-pyrrole nitrogens is 1. The van der Waals surface area contributed by atoms with Crippen molar-refractivity contribution in [1.82, 2.24) is 19.7 Å². The molecule has 0 spiro atoms. The molecule has 27 heavy (non-hydrogen) atoms. The normalized spacial score (nSPS) is 13.0. The lowest BCUT2D eigenvalue weighted by Gasteiger charge is -2.17. The fraction of sp³-hybridized carbons (Fsp3) is 0.316. The van der Waals surface area contributed by atoms with Crippen molar-refractivity contribution in [2.24, 2.45) is 0 Å². The van der Waals surface area contributed by atoms with E-state index in [9.17, 15) is 18.0 Å². The van der Waals surface area contributed by atoms with Gasteiger partial charge in [-0.05, 0) is 37.5 Å². The van der Waals surface area contributed by atoms with Gasteiger partial charge in [-0.15, -0.1) is 0 Å². The molecule has 0 fully saturated rings. The summed E-state index contributed by atoms with van der Waals surface area (Å²) in [6, 6.07) is 5.99. The van der Waals surface area contributed by atoms with Crippen LogP contribution in [0.4, 0.5) is 13.2 Å². The van der Waals surface area contributed by atoms with E-state index in [1.165, 1.54) is 12.1 Å². The summed E-state index contributed by atoms with van der Waals surface area (Å²) < 4.78 is 39.4. The fourth-order valence-electron chi connectivity index (χ4n) is 3.10. The van der Waals surface area contributed by atoms with Gasteiger partial charge in [-0.1, -0.05) is 18.2 Å².